The van der Waals surface area contributed by atoms with E-state index in [2.05, 4.69) is 20.6 Å². The van der Waals surface area contributed by atoms with Gasteiger partial charge in [-0.05, 0) is 37.0 Å². The number of amides is 1. The van der Waals surface area contributed by atoms with Gasteiger partial charge in [-0.1, -0.05) is 36.9 Å². The fourth-order valence-electron chi connectivity index (χ4n) is 3.64. The number of carbonyl (C=O) groups excluding carboxylic acids is 1. The molecule has 130 valence electrons. The minimum absolute atomic E-state index is 0.0127. The number of nitrogens with zero attached hydrogens (tertiary/aromatic N) is 2. The lowest BCUT2D eigenvalue weighted by molar-refractivity contribution is 0.0946. The molecule has 0 unspecified atom stereocenters. The molecule has 0 radical (unpaired) electrons. The number of carbonyl (C=O) groups is 1. The molecule has 25 heavy (non-hydrogen) atoms. The summed E-state index contributed by atoms with van der Waals surface area (Å²) in [4.78, 5) is 20.9. The highest BCUT2D eigenvalue weighted by Crippen LogP contribution is 2.29. The largest absolute Gasteiger partial charge is 0.352 e. The standard InChI is InChI=1S/C19H21ClN4O/c20-16-11-22-19(23-14-4-2-1-3-5-14)24-17(16)13-6-7-15-12(10-13)8-9-21-18(15)25/h6-7,10-11,14H,1-5,8-9H2,(H,21,25)(H,22,23,24). The fraction of sp³-hybridized carbons (Fsp3) is 0.421. The van der Waals surface area contributed by atoms with Crippen molar-refractivity contribution in [2.24, 2.45) is 0 Å². The zero-order chi connectivity index (χ0) is 17.2. The highest BCUT2D eigenvalue weighted by atomic mass is 35.5. The van der Waals surface area contributed by atoms with Crippen LogP contribution in [-0.2, 0) is 6.42 Å². The van der Waals surface area contributed by atoms with E-state index in [0.717, 1.165) is 36.0 Å². The Morgan fingerprint density at radius 2 is 2.04 bits per heavy atom. The first kappa shape index (κ1) is 16.3. The van der Waals surface area contributed by atoms with E-state index in [0.29, 0.717) is 29.3 Å². The number of benzene rings is 1. The second-order valence-corrected chi connectivity index (χ2v) is 7.15. The molecule has 1 aromatic heterocycles. The maximum absolute atomic E-state index is 11.9. The molecular weight excluding hydrogens is 336 g/mol. The Hall–Kier alpha value is -2.14. The lowest BCUT2D eigenvalue weighted by atomic mass is 9.96. The first-order valence-corrected chi connectivity index (χ1v) is 9.29. The first-order chi connectivity index (χ1) is 12.2. The highest BCUT2D eigenvalue weighted by Gasteiger charge is 2.19. The fourth-order valence-corrected chi connectivity index (χ4v) is 3.84. The van der Waals surface area contributed by atoms with E-state index in [4.69, 9.17) is 11.6 Å². The van der Waals surface area contributed by atoms with Crippen LogP contribution in [-0.4, -0.2) is 28.5 Å². The molecule has 1 fully saturated rings. The third kappa shape index (κ3) is 3.47. The third-order valence-corrected chi connectivity index (χ3v) is 5.26. The number of nitrogens with one attached hydrogen (secondary N) is 2. The van der Waals surface area contributed by atoms with Crippen LogP contribution in [0, 0.1) is 0 Å². The molecule has 5 nitrogen and oxygen atoms in total. The Morgan fingerprint density at radius 1 is 1.20 bits per heavy atom. The summed E-state index contributed by atoms with van der Waals surface area (Å²) in [6, 6.07) is 6.22. The molecule has 1 aliphatic carbocycles. The van der Waals surface area contributed by atoms with Crippen LogP contribution >= 0.6 is 11.6 Å². The molecule has 0 saturated heterocycles. The quantitative estimate of drug-likeness (QED) is 0.877. The summed E-state index contributed by atoms with van der Waals surface area (Å²) in [5.74, 6) is 0.614. The van der Waals surface area contributed by atoms with Gasteiger partial charge in [-0.25, -0.2) is 9.97 Å². The molecule has 2 heterocycles. The van der Waals surface area contributed by atoms with Gasteiger partial charge < -0.3 is 10.6 Å². The molecule has 6 heteroatoms. The van der Waals surface area contributed by atoms with Gasteiger partial charge in [0.05, 0.1) is 16.9 Å². The molecule has 2 N–H and O–H groups in total. The Kier molecular flexibility index (Phi) is 4.57. The molecule has 1 aliphatic heterocycles. The minimum atomic E-state index is -0.0127. The zero-order valence-electron chi connectivity index (χ0n) is 14.0. The molecular formula is C19H21ClN4O. The van der Waals surface area contributed by atoms with Crippen LogP contribution in [0.5, 0.6) is 0 Å². The van der Waals surface area contributed by atoms with Crippen LogP contribution in [0.1, 0.15) is 48.0 Å². The Bertz CT molecular complexity index is 802. The van der Waals surface area contributed by atoms with E-state index in [9.17, 15) is 4.79 Å². The van der Waals surface area contributed by atoms with E-state index in [-0.39, 0.29) is 5.91 Å². The summed E-state index contributed by atoms with van der Waals surface area (Å²) in [6.07, 6.45) is 8.63. The highest BCUT2D eigenvalue weighted by molar-refractivity contribution is 6.32. The monoisotopic (exact) mass is 356 g/mol. The molecule has 2 aromatic rings. The van der Waals surface area contributed by atoms with E-state index in [1.54, 1.807) is 6.20 Å². The number of rotatable bonds is 3. The van der Waals surface area contributed by atoms with Crippen molar-refractivity contribution in [3.05, 3.63) is 40.5 Å². The van der Waals surface area contributed by atoms with Crippen molar-refractivity contribution in [1.82, 2.24) is 15.3 Å². The Morgan fingerprint density at radius 3 is 2.88 bits per heavy atom. The van der Waals surface area contributed by atoms with Crippen LogP contribution in [0.15, 0.2) is 24.4 Å². The number of aromatic nitrogens is 2. The predicted octanol–water partition coefficient (Wildman–Crippen LogP) is 3.83. The van der Waals surface area contributed by atoms with Crippen molar-refractivity contribution >= 4 is 23.5 Å². The predicted molar refractivity (Wildman–Crippen MR) is 99.0 cm³/mol. The number of halogens is 1. The van der Waals surface area contributed by atoms with Crippen molar-refractivity contribution in [2.75, 3.05) is 11.9 Å². The maximum atomic E-state index is 11.9. The molecule has 4 rings (SSSR count). The normalized spacial score (nSPS) is 17.7. The Labute approximate surface area is 152 Å². The van der Waals surface area contributed by atoms with Crippen molar-refractivity contribution in [2.45, 2.75) is 44.6 Å². The average Bonchev–Trinajstić information content (AvgIpc) is 2.64. The van der Waals surface area contributed by atoms with E-state index in [1.807, 2.05) is 18.2 Å². The minimum Gasteiger partial charge on any atom is -0.352 e. The molecule has 1 amide bonds. The molecule has 0 spiro atoms. The molecule has 0 bridgehead atoms. The lowest BCUT2D eigenvalue weighted by Crippen LogP contribution is -2.31. The van der Waals surface area contributed by atoms with Gasteiger partial charge >= 0.3 is 0 Å². The number of fused-ring (bicyclic) bond motifs is 1. The van der Waals surface area contributed by atoms with Crippen LogP contribution < -0.4 is 10.6 Å². The van der Waals surface area contributed by atoms with Gasteiger partial charge in [0.1, 0.15) is 0 Å². The summed E-state index contributed by atoms with van der Waals surface area (Å²) in [5, 5.41) is 6.83. The van der Waals surface area contributed by atoms with Gasteiger partial charge in [0.25, 0.3) is 5.91 Å². The van der Waals surface area contributed by atoms with Gasteiger partial charge in [-0.15, -0.1) is 0 Å². The lowest BCUT2D eigenvalue weighted by Gasteiger charge is -2.23. The van der Waals surface area contributed by atoms with Gasteiger partial charge in [0.15, 0.2) is 0 Å². The van der Waals surface area contributed by atoms with Gasteiger partial charge in [0, 0.05) is 23.7 Å². The average molecular weight is 357 g/mol. The van der Waals surface area contributed by atoms with Crippen LogP contribution in [0.3, 0.4) is 0 Å². The van der Waals surface area contributed by atoms with Crippen LogP contribution in [0.4, 0.5) is 5.95 Å². The second-order valence-electron chi connectivity index (χ2n) is 6.75. The zero-order valence-corrected chi connectivity index (χ0v) is 14.8. The van der Waals surface area contributed by atoms with Crippen molar-refractivity contribution in [1.29, 1.82) is 0 Å². The van der Waals surface area contributed by atoms with Crippen LogP contribution in [0.25, 0.3) is 11.3 Å². The first-order valence-electron chi connectivity index (χ1n) is 8.91. The summed E-state index contributed by atoms with van der Waals surface area (Å²) in [7, 11) is 0. The van der Waals surface area contributed by atoms with Gasteiger partial charge in [-0.3, -0.25) is 4.79 Å². The Balaban J connectivity index is 1.63. The van der Waals surface area contributed by atoms with Gasteiger partial charge in [0.2, 0.25) is 5.95 Å². The number of hydrogen-bond donors (Lipinski definition) is 2. The van der Waals surface area contributed by atoms with E-state index < -0.39 is 0 Å². The van der Waals surface area contributed by atoms with Crippen molar-refractivity contribution in [3.63, 3.8) is 0 Å². The SMILES string of the molecule is O=C1NCCc2cc(-c3nc(NC4CCCCC4)ncc3Cl)ccc21. The van der Waals surface area contributed by atoms with Crippen molar-refractivity contribution < 1.29 is 4.79 Å². The van der Waals surface area contributed by atoms with E-state index in [1.165, 1.54) is 19.3 Å². The molecule has 0 atom stereocenters. The third-order valence-electron chi connectivity index (χ3n) is 4.99. The smallest absolute Gasteiger partial charge is 0.251 e. The summed E-state index contributed by atoms with van der Waals surface area (Å²) < 4.78 is 0. The van der Waals surface area contributed by atoms with E-state index >= 15 is 0 Å². The van der Waals surface area contributed by atoms with Crippen LogP contribution in [0.2, 0.25) is 5.02 Å². The summed E-state index contributed by atoms with van der Waals surface area (Å²) in [6.45, 7) is 0.668. The molecule has 2 aliphatic rings. The summed E-state index contributed by atoms with van der Waals surface area (Å²) in [5.41, 5.74) is 3.41. The molecule has 1 saturated carbocycles. The van der Waals surface area contributed by atoms with Gasteiger partial charge in [-0.2, -0.15) is 0 Å². The topological polar surface area (TPSA) is 66.9 Å². The second kappa shape index (κ2) is 7.00. The van der Waals surface area contributed by atoms with Crippen molar-refractivity contribution in [3.8, 4) is 11.3 Å². The number of anilines is 1. The number of hydrogen-bond acceptors (Lipinski definition) is 4. The summed E-state index contributed by atoms with van der Waals surface area (Å²) >= 11 is 6.35. The maximum Gasteiger partial charge on any atom is 0.251 e. The molecule has 1 aromatic carbocycles.